The van der Waals surface area contributed by atoms with Crippen LogP contribution in [0.15, 0.2) is 29.4 Å². The molecule has 1 N–H and O–H groups in total. The van der Waals surface area contributed by atoms with Gasteiger partial charge in [0, 0.05) is 50.6 Å². The number of rotatable bonds is 6. The quantitative estimate of drug-likeness (QED) is 0.675. The Kier molecular flexibility index (Phi) is 7.33. The van der Waals surface area contributed by atoms with E-state index in [4.69, 9.17) is 0 Å². The summed E-state index contributed by atoms with van der Waals surface area (Å²) in [6.45, 7) is 10.7. The van der Waals surface area contributed by atoms with E-state index in [2.05, 4.69) is 48.2 Å². The van der Waals surface area contributed by atoms with E-state index in [0.29, 0.717) is 38.6 Å². The molecular weight excluding hydrogens is 450 g/mol. The molecule has 8 nitrogen and oxygen atoms in total. The minimum absolute atomic E-state index is 0.0883. The smallest absolute Gasteiger partial charge is 0.263 e. The zero-order valence-corrected chi connectivity index (χ0v) is 21.6. The first-order valence-electron chi connectivity index (χ1n) is 12.4. The third-order valence-corrected chi connectivity index (χ3v) is 9.22. The van der Waals surface area contributed by atoms with Crippen molar-refractivity contribution in [3.05, 3.63) is 41.1 Å². The number of benzene rings is 1. The van der Waals surface area contributed by atoms with Gasteiger partial charge in [0.2, 0.25) is 5.03 Å². The number of hydrogen-bond acceptors (Lipinski definition) is 5. The minimum atomic E-state index is -3.89. The normalized spacial score (nSPS) is 22.1. The first-order valence-corrected chi connectivity index (χ1v) is 13.8. The Hall–Kier alpha value is -2.39. The zero-order valence-electron chi connectivity index (χ0n) is 20.7. The number of nitrogens with zero attached hydrogens (tertiary/aromatic N) is 4. The molecule has 1 saturated carbocycles. The highest BCUT2D eigenvalue weighted by molar-refractivity contribution is 7.89. The number of anilines is 1. The summed E-state index contributed by atoms with van der Waals surface area (Å²) in [5, 5.41) is 7.25. The average molecular weight is 488 g/mol. The van der Waals surface area contributed by atoms with E-state index in [9.17, 15) is 13.2 Å². The van der Waals surface area contributed by atoms with Gasteiger partial charge in [-0.15, -0.1) is 0 Å². The molecule has 1 saturated heterocycles. The largest absolute Gasteiger partial charge is 0.369 e. The summed E-state index contributed by atoms with van der Waals surface area (Å²) in [5.41, 5.74) is 3.74. The molecule has 2 aliphatic rings. The number of piperazine rings is 1. The number of aromatic nitrogens is 2. The Morgan fingerprint density at radius 2 is 1.76 bits per heavy atom. The Morgan fingerprint density at radius 1 is 1.09 bits per heavy atom. The van der Waals surface area contributed by atoms with Crippen LogP contribution in [0, 0.1) is 19.8 Å². The summed E-state index contributed by atoms with van der Waals surface area (Å²) in [6, 6.07) is 6.30. The van der Waals surface area contributed by atoms with E-state index in [1.165, 1.54) is 20.1 Å². The number of nitrogens with one attached hydrogen (secondary N) is 1. The third-order valence-electron chi connectivity index (χ3n) is 7.39. The maximum Gasteiger partial charge on any atom is 0.263 e. The van der Waals surface area contributed by atoms with Gasteiger partial charge in [-0.1, -0.05) is 19.1 Å². The van der Waals surface area contributed by atoms with Crippen LogP contribution in [-0.4, -0.2) is 60.6 Å². The van der Waals surface area contributed by atoms with Crippen LogP contribution in [0.25, 0.3) is 0 Å². The first-order chi connectivity index (χ1) is 16.2. The van der Waals surface area contributed by atoms with Gasteiger partial charge < -0.3 is 10.2 Å². The zero-order chi connectivity index (χ0) is 24.5. The second-order valence-corrected chi connectivity index (χ2v) is 11.6. The van der Waals surface area contributed by atoms with Crippen molar-refractivity contribution in [3.63, 3.8) is 0 Å². The molecule has 2 fully saturated rings. The van der Waals surface area contributed by atoms with Crippen molar-refractivity contribution in [2.24, 2.45) is 5.92 Å². The van der Waals surface area contributed by atoms with Gasteiger partial charge in [-0.3, -0.25) is 9.48 Å². The Bertz CT molecular complexity index is 1130. The molecule has 2 heterocycles. The second-order valence-electron chi connectivity index (χ2n) is 9.74. The second kappa shape index (κ2) is 10.1. The van der Waals surface area contributed by atoms with Crippen molar-refractivity contribution in [1.29, 1.82) is 0 Å². The molecule has 0 spiro atoms. The molecule has 0 unspecified atom stereocenters. The van der Waals surface area contributed by atoms with Crippen molar-refractivity contribution >= 4 is 21.6 Å². The van der Waals surface area contributed by atoms with Crippen molar-refractivity contribution in [1.82, 2.24) is 19.4 Å². The first kappa shape index (κ1) is 24.7. The predicted octanol–water partition coefficient (Wildman–Crippen LogP) is 3.34. The summed E-state index contributed by atoms with van der Waals surface area (Å²) in [5.74, 6) is 0.334. The molecule has 1 aromatic heterocycles. The molecule has 9 heteroatoms. The van der Waals surface area contributed by atoms with Crippen LogP contribution in [0.5, 0.6) is 0 Å². The number of carbonyl (C=O) groups excluding carboxylic acids is 1. The van der Waals surface area contributed by atoms with Crippen LogP contribution in [0.2, 0.25) is 0 Å². The summed E-state index contributed by atoms with van der Waals surface area (Å²) >= 11 is 0. The van der Waals surface area contributed by atoms with Crippen molar-refractivity contribution < 1.29 is 13.2 Å². The molecule has 1 aliphatic carbocycles. The van der Waals surface area contributed by atoms with Crippen LogP contribution in [0.4, 0.5) is 5.69 Å². The van der Waals surface area contributed by atoms with Crippen LogP contribution in [0.1, 0.15) is 61.0 Å². The number of aryl methyl sites for hydroxylation is 2. The van der Waals surface area contributed by atoms with Gasteiger partial charge in [-0.2, -0.15) is 9.40 Å². The monoisotopic (exact) mass is 487 g/mol. The van der Waals surface area contributed by atoms with Crippen molar-refractivity contribution in [2.45, 2.75) is 71.0 Å². The third kappa shape index (κ3) is 5.00. The summed E-state index contributed by atoms with van der Waals surface area (Å²) in [4.78, 5) is 15.4. The maximum absolute atomic E-state index is 13.6. The van der Waals surface area contributed by atoms with E-state index < -0.39 is 10.0 Å². The van der Waals surface area contributed by atoms with Gasteiger partial charge in [0.15, 0.2) is 0 Å². The lowest BCUT2D eigenvalue weighted by molar-refractivity contribution is 0.0919. The predicted molar refractivity (Wildman–Crippen MR) is 134 cm³/mol. The molecule has 0 bridgehead atoms. The lowest BCUT2D eigenvalue weighted by atomic mass is 9.87. The summed E-state index contributed by atoms with van der Waals surface area (Å²) in [6.07, 6.45) is 5.58. The number of hydrogen-bond donors (Lipinski definition) is 1. The van der Waals surface area contributed by atoms with Gasteiger partial charge in [0.05, 0.1) is 5.56 Å². The number of amides is 1. The van der Waals surface area contributed by atoms with Gasteiger partial charge in [0.25, 0.3) is 15.9 Å². The average Bonchev–Trinajstić information content (AvgIpc) is 3.28. The lowest BCUT2D eigenvalue weighted by Crippen LogP contribution is -2.49. The fourth-order valence-corrected chi connectivity index (χ4v) is 6.47. The molecule has 0 atom stereocenters. The molecule has 1 aliphatic heterocycles. The standard InChI is InChI=1S/C25H37N5O3S/c1-5-29-17-22(24(31)26-21-11-9-18(2)10-12-21)25(27-29)34(32,33)30-15-13-28(14-16-30)23-8-6-7-19(3)20(23)4/h6-8,17-18,21H,5,9-16H2,1-4H3,(H,26,31). The van der Waals surface area contributed by atoms with E-state index in [1.54, 1.807) is 6.20 Å². The highest BCUT2D eigenvalue weighted by atomic mass is 32.2. The fourth-order valence-electron chi connectivity index (χ4n) is 4.95. The molecule has 2 aromatic rings. The van der Waals surface area contributed by atoms with Crippen LogP contribution < -0.4 is 10.2 Å². The lowest BCUT2D eigenvalue weighted by Gasteiger charge is -2.36. The highest BCUT2D eigenvalue weighted by Gasteiger charge is 2.35. The van der Waals surface area contributed by atoms with Gasteiger partial charge in [-0.05, 0) is 69.6 Å². The summed E-state index contributed by atoms with van der Waals surface area (Å²) < 4.78 is 30.2. The maximum atomic E-state index is 13.6. The van der Waals surface area contributed by atoms with E-state index in [-0.39, 0.29) is 22.5 Å². The Balaban J connectivity index is 1.50. The SMILES string of the molecule is CCn1cc(C(=O)NC2CCC(C)CC2)c(S(=O)(=O)N2CCN(c3cccc(C)c3C)CC2)n1. The van der Waals surface area contributed by atoms with Crippen LogP contribution in [-0.2, 0) is 16.6 Å². The highest BCUT2D eigenvalue weighted by Crippen LogP contribution is 2.27. The van der Waals surface area contributed by atoms with Gasteiger partial charge in [-0.25, -0.2) is 8.42 Å². The molecule has 0 radical (unpaired) electrons. The van der Waals surface area contributed by atoms with Crippen molar-refractivity contribution in [2.75, 3.05) is 31.1 Å². The van der Waals surface area contributed by atoms with E-state index in [1.807, 2.05) is 13.0 Å². The Morgan fingerprint density at radius 3 is 2.41 bits per heavy atom. The van der Waals surface area contributed by atoms with Crippen LogP contribution in [0.3, 0.4) is 0 Å². The van der Waals surface area contributed by atoms with E-state index >= 15 is 0 Å². The molecule has 4 rings (SSSR count). The molecule has 34 heavy (non-hydrogen) atoms. The van der Waals surface area contributed by atoms with Crippen LogP contribution >= 0.6 is 0 Å². The van der Waals surface area contributed by atoms with Gasteiger partial charge >= 0.3 is 0 Å². The molecule has 1 amide bonds. The number of carbonyl (C=O) groups is 1. The van der Waals surface area contributed by atoms with E-state index in [0.717, 1.165) is 31.4 Å². The Labute approximate surface area is 203 Å². The molecule has 1 aromatic carbocycles. The summed E-state index contributed by atoms with van der Waals surface area (Å²) in [7, 11) is -3.89. The minimum Gasteiger partial charge on any atom is -0.369 e. The van der Waals surface area contributed by atoms with Gasteiger partial charge in [0.1, 0.15) is 0 Å². The molecular formula is C25H37N5O3S. The topological polar surface area (TPSA) is 87.5 Å². The van der Waals surface area contributed by atoms with Crippen molar-refractivity contribution in [3.8, 4) is 0 Å². The number of sulfonamides is 1. The fraction of sp³-hybridized carbons (Fsp3) is 0.600. The molecule has 186 valence electrons.